The minimum Gasteiger partial charge on any atom is -0.135 e. The molecule has 6 aromatic rings. The SMILES string of the molecule is CC1(C)c2cc(-c3ccc4sc5ccccc5c4c3)ccc2-c2cc3c(cc21)Sc1ccccc1S3. The molecule has 0 fully saturated rings. The van der Waals surface area contributed by atoms with Crippen LogP contribution in [0, 0.1) is 0 Å². The van der Waals surface area contributed by atoms with Crippen molar-refractivity contribution in [2.24, 2.45) is 0 Å². The maximum absolute atomic E-state index is 2.46. The molecule has 1 aromatic heterocycles. The lowest BCUT2D eigenvalue weighted by molar-refractivity contribution is 0.658. The van der Waals surface area contributed by atoms with Gasteiger partial charge in [-0.3, -0.25) is 0 Å². The molecular weight excluding hydrogens is 493 g/mol. The van der Waals surface area contributed by atoms with E-state index in [1.165, 1.54) is 73.1 Å². The van der Waals surface area contributed by atoms with E-state index in [9.17, 15) is 0 Å². The van der Waals surface area contributed by atoms with Crippen LogP contribution in [0.4, 0.5) is 0 Å². The lowest BCUT2D eigenvalue weighted by Gasteiger charge is -2.24. The largest absolute Gasteiger partial charge is 0.135 e. The van der Waals surface area contributed by atoms with E-state index in [1.807, 2.05) is 34.9 Å². The van der Waals surface area contributed by atoms with E-state index in [0.717, 1.165) is 0 Å². The Morgan fingerprint density at radius 1 is 0.500 bits per heavy atom. The molecule has 8 rings (SSSR count). The summed E-state index contributed by atoms with van der Waals surface area (Å²) in [5.74, 6) is 0. The van der Waals surface area contributed by atoms with Gasteiger partial charge in [0, 0.05) is 45.2 Å². The van der Waals surface area contributed by atoms with Gasteiger partial charge in [0.25, 0.3) is 0 Å². The van der Waals surface area contributed by atoms with Gasteiger partial charge in [0.15, 0.2) is 0 Å². The van der Waals surface area contributed by atoms with Gasteiger partial charge >= 0.3 is 0 Å². The summed E-state index contributed by atoms with van der Waals surface area (Å²) in [6, 6.07) is 36.5. The first-order chi connectivity index (χ1) is 17.6. The Morgan fingerprint density at radius 2 is 1.14 bits per heavy atom. The summed E-state index contributed by atoms with van der Waals surface area (Å²) in [5, 5.41) is 2.72. The molecule has 5 aromatic carbocycles. The van der Waals surface area contributed by atoms with Crippen LogP contribution < -0.4 is 0 Å². The summed E-state index contributed by atoms with van der Waals surface area (Å²) >= 11 is 5.70. The van der Waals surface area contributed by atoms with E-state index >= 15 is 0 Å². The van der Waals surface area contributed by atoms with Crippen molar-refractivity contribution >= 4 is 55.0 Å². The molecule has 172 valence electrons. The molecule has 0 radical (unpaired) electrons. The van der Waals surface area contributed by atoms with Crippen LogP contribution >= 0.6 is 34.9 Å². The molecule has 2 heterocycles. The molecule has 36 heavy (non-hydrogen) atoms. The summed E-state index contributed by atoms with van der Waals surface area (Å²) in [7, 11) is 0. The van der Waals surface area contributed by atoms with Crippen molar-refractivity contribution in [1.82, 2.24) is 0 Å². The van der Waals surface area contributed by atoms with Crippen molar-refractivity contribution < 1.29 is 0 Å². The highest BCUT2D eigenvalue weighted by Gasteiger charge is 2.37. The second-order valence-electron chi connectivity index (χ2n) is 10.2. The zero-order chi connectivity index (χ0) is 24.0. The molecular formula is C33H22S3. The second-order valence-corrected chi connectivity index (χ2v) is 13.4. The van der Waals surface area contributed by atoms with E-state index in [2.05, 4.69) is 111 Å². The van der Waals surface area contributed by atoms with Crippen LogP contribution in [0.1, 0.15) is 25.0 Å². The van der Waals surface area contributed by atoms with Gasteiger partial charge in [0.1, 0.15) is 0 Å². The van der Waals surface area contributed by atoms with Crippen LogP contribution in [0.25, 0.3) is 42.4 Å². The maximum Gasteiger partial charge on any atom is 0.0355 e. The number of benzene rings is 5. The van der Waals surface area contributed by atoms with Crippen molar-refractivity contribution in [2.45, 2.75) is 38.8 Å². The van der Waals surface area contributed by atoms with Gasteiger partial charge in [-0.25, -0.2) is 0 Å². The normalized spacial score (nSPS) is 14.9. The molecule has 2 aliphatic rings. The summed E-state index contributed by atoms with van der Waals surface area (Å²) in [6.45, 7) is 4.77. The van der Waals surface area contributed by atoms with E-state index < -0.39 is 0 Å². The zero-order valence-corrected chi connectivity index (χ0v) is 22.4. The van der Waals surface area contributed by atoms with Crippen LogP contribution in [0.5, 0.6) is 0 Å². The minimum absolute atomic E-state index is 0.0307. The minimum atomic E-state index is -0.0307. The Bertz CT molecular complexity index is 1870. The van der Waals surface area contributed by atoms with Gasteiger partial charge < -0.3 is 0 Å². The Hall–Kier alpha value is -2.98. The highest BCUT2D eigenvalue weighted by Crippen LogP contribution is 2.56. The Labute approximate surface area is 223 Å². The zero-order valence-electron chi connectivity index (χ0n) is 20.0. The molecule has 1 aliphatic heterocycles. The van der Waals surface area contributed by atoms with Gasteiger partial charge in [0.2, 0.25) is 0 Å². The topological polar surface area (TPSA) is 0 Å². The predicted octanol–water partition coefficient (Wildman–Crippen LogP) is 10.6. The quantitative estimate of drug-likeness (QED) is 0.214. The highest BCUT2D eigenvalue weighted by molar-refractivity contribution is 8.05. The average molecular weight is 515 g/mol. The first-order valence-corrected chi connectivity index (χ1v) is 14.7. The summed E-state index contributed by atoms with van der Waals surface area (Å²) in [6.07, 6.45) is 0. The standard InChI is InChI=1S/C33H22S3/c1-33(2)25-16-20(19-12-14-28-24(15-19)22-7-3-4-8-27(22)34-28)11-13-21(25)23-17-31-32(18-26(23)33)36-30-10-6-5-9-29(30)35-31/h3-18H,1-2H3. The Morgan fingerprint density at radius 3 is 1.97 bits per heavy atom. The number of rotatable bonds is 1. The smallest absolute Gasteiger partial charge is 0.0355 e. The fourth-order valence-corrected chi connectivity index (χ4v) is 9.20. The first-order valence-electron chi connectivity index (χ1n) is 12.3. The van der Waals surface area contributed by atoms with E-state index in [4.69, 9.17) is 0 Å². The number of thiophene rings is 1. The van der Waals surface area contributed by atoms with Gasteiger partial charge in [0.05, 0.1) is 0 Å². The van der Waals surface area contributed by atoms with Crippen molar-refractivity contribution in [3.8, 4) is 22.3 Å². The van der Waals surface area contributed by atoms with E-state index in [1.54, 1.807) is 0 Å². The van der Waals surface area contributed by atoms with Gasteiger partial charge in [-0.15, -0.1) is 11.3 Å². The molecule has 3 heteroatoms. The lowest BCUT2D eigenvalue weighted by Crippen LogP contribution is -2.15. The van der Waals surface area contributed by atoms with Crippen LogP contribution in [-0.4, -0.2) is 0 Å². The number of hydrogen-bond acceptors (Lipinski definition) is 3. The highest BCUT2D eigenvalue weighted by atomic mass is 32.2. The van der Waals surface area contributed by atoms with Crippen LogP contribution in [0.2, 0.25) is 0 Å². The molecule has 0 saturated heterocycles. The van der Waals surface area contributed by atoms with Crippen LogP contribution in [0.15, 0.2) is 117 Å². The third-order valence-corrected chi connectivity index (χ3v) is 11.4. The van der Waals surface area contributed by atoms with Crippen molar-refractivity contribution in [1.29, 1.82) is 0 Å². The average Bonchev–Trinajstić information content (AvgIpc) is 3.38. The molecule has 0 N–H and O–H groups in total. The molecule has 0 unspecified atom stereocenters. The fraction of sp³-hybridized carbons (Fsp3) is 0.0909. The molecule has 0 atom stereocenters. The van der Waals surface area contributed by atoms with Crippen LogP contribution in [0.3, 0.4) is 0 Å². The molecule has 1 aliphatic carbocycles. The fourth-order valence-electron chi connectivity index (χ4n) is 5.84. The first kappa shape index (κ1) is 21.1. The number of hydrogen-bond donors (Lipinski definition) is 0. The number of fused-ring (bicyclic) bond motifs is 8. The summed E-state index contributed by atoms with van der Waals surface area (Å²) < 4.78 is 2.72. The van der Waals surface area contributed by atoms with Gasteiger partial charge in [-0.1, -0.05) is 85.9 Å². The Kier molecular flexibility index (Phi) is 4.41. The molecule has 0 nitrogen and oxygen atoms in total. The van der Waals surface area contributed by atoms with E-state index in [0.29, 0.717) is 0 Å². The van der Waals surface area contributed by atoms with Crippen LogP contribution in [-0.2, 0) is 5.41 Å². The van der Waals surface area contributed by atoms with Gasteiger partial charge in [-0.2, -0.15) is 0 Å². The molecule has 0 spiro atoms. The summed E-state index contributed by atoms with van der Waals surface area (Å²) in [4.78, 5) is 5.48. The van der Waals surface area contributed by atoms with E-state index in [-0.39, 0.29) is 5.41 Å². The Balaban J connectivity index is 1.26. The molecule has 0 saturated carbocycles. The molecule has 0 bridgehead atoms. The predicted molar refractivity (Wildman–Crippen MR) is 157 cm³/mol. The lowest BCUT2D eigenvalue weighted by atomic mass is 9.81. The summed E-state index contributed by atoms with van der Waals surface area (Å²) in [5.41, 5.74) is 8.21. The van der Waals surface area contributed by atoms with Crippen molar-refractivity contribution in [2.75, 3.05) is 0 Å². The maximum atomic E-state index is 2.46. The monoisotopic (exact) mass is 514 g/mol. The van der Waals surface area contributed by atoms with Gasteiger partial charge in [-0.05, 0) is 81.9 Å². The molecule has 0 amide bonds. The van der Waals surface area contributed by atoms with Crippen molar-refractivity contribution in [3.63, 3.8) is 0 Å². The second kappa shape index (κ2) is 7.52. The van der Waals surface area contributed by atoms with Crippen molar-refractivity contribution in [3.05, 3.63) is 108 Å². The third kappa shape index (κ3) is 2.97. The third-order valence-electron chi connectivity index (χ3n) is 7.74.